The third kappa shape index (κ3) is 2.29. The first-order chi connectivity index (χ1) is 11.1. The molecule has 3 aromatic carbocycles. The van der Waals surface area contributed by atoms with Crippen LogP contribution in [0.5, 0.6) is 0 Å². The molecule has 1 N–H and O–H groups in total. The van der Waals surface area contributed by atoms with Crippen LogP contribution in [0.3, 0.4) is 0 Å². The van der Waals surface area contributed by atoms with Crippen LogP contribution in [0.15, 0.2) is 54.6 Å². The molecule has 4 rings (SSSR count). The lowest BCUT2D eigenvalue weighted by molar-refractivity contribution is -0.116. The van der Waals surface area contributed by atoms with Gasteiger partial charge in [-0.25, -0.2) is 4.39 Å². The van der Waals surface area contributed by atoms with E-state index < -0.39 is 0 Å². The molecule has 0 aliphatic carbocycles. The Morgan fingerprint density at radius 2 is 1.91 bits per heavy atom. The van der Waals surface area contributed by atoms with Crippen molar-refractivity contribution in [3.8, 4) is 0 Å². The fourth-order valence-electron chi connectivity index (χ4n) is 3.39. The summed E-state index contributed by atoms with van der Waals surface area (Å²) in [5.41, 5.74) is 3.56. The number of hydrogen-bond acceptors (Lipinski definition) is 1. The number of fused-ring (bicyclic) bond motifs is 3. The zero-order valence-corrected chi connectivity index (χ0v) is 12.8. The van der Waals surface area contributed by atoms with E-state index in [1.807, 2.05) is 30.3 Å². The standard InChI is InChI=1S/C20H16FNO/c1-12-10-14(7-9-18(12)21)17-11-19(23)22-20-15-5-3-2-4-13(15)6-8-16(17)20/h2-10,17H,11H2,1H3,(H,22,23). The Hall–Kier alpha value is -2.68. The van der Waals surface area contributed by atoms with Crippen LogP contribution >= 0.6 is 0 Å². The Balaban J connectivity index is 1.92. The molecular weight excluding hydrogens is 289 g/mol. The SMILES string of the molecule is Cc1cc(C2CC(=O)Nc3c2ccc2ccccc32)ccc1F. The fraction of sp³-hybridized carbons (Fsp3) is 0.150. The zero-order valence-electron chi connectivity index (χ0n) is 12.8. The summed E-state index contributed by atoms with van der Waals surface area (Å²) in [6, 6.07) is 17.3. The van der Waals surface area contributed by atoms with Gasteiger partial charge in [0.2, 0.25) is 5.91 Å². The van der Waals surface area contributed by atoms with Gasteiger partial charge in [0, 0.05) is 17.7 Å². The minimum Gasteiger partial charge on any atom is -0.325 e. The van der Waals surface area contributed by atoms with Crippen molar-refractivity contribution in [1.82, 2.24) is 0 Å². The van der Waals surface area contributed by atoms with Gasteiger partial charge < -0.3 is 5.32 Å². The number of anilines is 1. The van der Waals surface area contributed by atoms with Crippen LogP contribution in [0.2, 0.25) is 0 Å². The zero-order chi connectivity index (χ0) is 16.0. The van der Waals surface area contributed by atoms with E-state index in [4.69, 9.17) is 0 Å². The first-order valence-electron chi connectivity index (χ1n) is 7.71. The van der Waals surface area contributed by atoms with Crippen molar-refractivity contribution < 1.29 is 9.18 Å². The molecule has 114 valence electrons. The quantitative estimate of drug-likeness (QED) is 0.690. The predicted molar refractivity (Wildman–Crippen MR) is 90.2 cm³/mol. The van der Waals surface area contributed by atoms with Gasteiger partial charge >= 0.3 is 0 Å². The smallest absolute Gasteiger partial charge is 0.225 e. The highest BCUT2D eigenvalue weighted by molar-refractivity contribution is 6.06. The molecule has 0 aromatic heterocycles. The van der Waals surface area contributed by atoms with Gasteiger partial charge in [-0.05, 0) is 35.1 Å². The molecule has 2 nitrogen and oxygen atoms in total. The summed E-state index contributed by atoms with van der Waals surface area (Å²) >= 11 is 0. The summed E-state index contributed by atoms with van der Waals surface area (Å²) in [7, 11) is 0. The maximum absolute atomic E-state index is 13.6. The van der Waals surface area contributed by atoms with Crippen LogP contribution in [-0.4, -0.2) is 5.91 Å². The summed E-state index contributed by atoms with van der Waals surface area (Å²) in [6.45, 7) is 1.75. The molecule has 1 unspecified atom stereocenters. The number of amides is 1. The second-order valence-corrected chi connectivity index (χ2v) is 6.06. The maximum Gasteiger partial charge on any atom is 0.225 e. The molecule has 3 aromatic rings. The van der Waals surface area contributed by atoms with E-state index >= 15 is 0 Å². The molecule has 1 heterocycles. The van der Waals surface area contributed by atoms with E-state index in [1.54, 1.807) is 13.0 Å². The third-order valence-electron chi connectivity index (χ3n) is 4.57. The highest BCUT2D eigenvalue weighted by Crippen LogP contribution is 2.41. The summed E-state index contributed by atoms with van der Waals surface area (Å²) in [4.78, 5) is 12.2. The highest BCUT2D eigenvalue weighted by Gasteiger charge is 2.27. The average Bonchev–Trinajstić information content (AvgIpc) is 2.56. The van der Waals surface area contributed by atoms with Crippen molar-refractivity contribution in [1.29, 1.82) is 0 Å². The van der Waals surface area contributed by atoms with Crippen molar-refractivity contribution in [2.45, 2.75) is 19.3 Å². The van der Waals surface area contributed by atoms with Gasteiger partial charge in [0.1, 0.15) is 5.82 Å². The lowest BCUT2D eigenvalue weighted by atomic mass is 9.83. The molecule has 0 spiro atoms. The van der Waals surface area contributed by atoms with Crippen LogP contribution in [0, 0.1) is 12.7 Å². The molecule has 0 fully saturated rings. The summed E-state index contributed by atoms with van der Waals surface area (Å²) < 4.78 is 13.6. The van der Waals surface area contributed by atoms with E-state index in [-0.39, 0.29) is 17.6 Å². The van der Waals surface area contributed by atoms with Gasteiger partial charge in [-0.2, -0.15) is 0 Å². The van der Waals surface area contributed by atoms with Gasteiger partial charge in [0.15, 0.2) is 0 Å². The van der Waals surface area contributed by atoms with E-state index in [9.17, 15) is 9.18 Å². The molecule has 1 aliphatic heterocycles. The predicted octanol–water partition coefficient (Wildman–Crippen LogP) is 4.76. The Kier molecular flexibility index (Phi) is 3.15. The first-order valence-corrected chi connectivity index (χ1v) is 7.71. The maximum atomic E-state index is 13.6. The van der Waals surface area contributed by atoms with Gasteiger partial charge in [-0.1, -0.05) is 48.5 Å². The van der Waals surface area contributed by atoms with Crippen LogP contribution in [0.1, 0.15) is 29.0 Å². The molecule has 0 bridgehead atoms. The normalized spacial score (nSPS) is 17.0. The largest absolute Gasteiger partial charge is 0.325 e. The first kappa shape index (κ1) is 13.9. The summed E-state index contributed by atoms with van der Waals surface area (Å²) in [6.07, 6.45) is 0.385. The number of hydrogen-bond donors (Lipinski definition) is 1. The van der Waals surface area contributed by atoms with E-state index in [2.05, 4.69) is 17.4 Å². The third-order valence-corrected chi connectivity index (χ3v) is 4.57. The molecule has 23 heavy (non-hydrogen) atoms. The molecule has 0 saturated heterocycles. The Labute approximate surface area is 134 Å². The number of rotatable bonds is 1. The molecule has 0 saturated carbocycles. The summed E-state index contributed by atoms with van der Waals surface area (Å²) in [5.74, 6) is -0.253. The second-order valence-electron chi connectivity index (χ2n) is 6.06. The van der Waals surface area contributed by atoms with E-state index in [0.717, 1.165) is 27.6 Å². The Bertz CT molecular complexity index is 932. The fourth-order valence-corrected chi connectivity index (χ4v) is 3.39. The second kappa shape index (κ2) is 5.20. The van der Waals surface area contributed by atoms with Crippen LogP contribution in [0.4, 0.5) is 10.1 Å². The number of carbonyl (C=O) groups excluding carboxylic acids is 1. The van der Waals surface area contributed by atoms with Crippen molar-refractivity contribution in [2.24, 2.45) is 0 Å². The topological polar surface area (TPSA) is 29.1 Å². The minimum absolute atomic E-state index is 0.000770. The molecule has 0 radical (unpaired) electrons. The van der Waals surface area contributed by atoms with Crippen LogP contribution < -0.4 is 5.32 Å². The van der Waals surface area contributed by atoms with Crippen molar-refractivity contribution in [3.63, 3.8) is 0 Å². The minimum atomic E-state index is -0.215. The lowest BCUT2D eigenvalue weighted by Gasteiger charge is -2.27. The van der Waals surface area contributed by atoms with Crippen LogP contribution in [-0.2, 0) is 4.79 Å². The Morgan fingerprint density at radius 1 is 1.09 bits per heavy atom. The average molecular weight is 305 g/mol. The monoisotopic (exact) mass is 305 g/mol. The molecule has 3 heteroatoms. The molecule has 1 amide bonds. The lowest BCUT2D eigenvalue weighted by Crippen LogP contribution is -2.23. The number of aryl methyl sites for hydroxylation is 1. The van der Waals surface area contributed by atoms with E-state index in [0.29, 0.717) is 12.0 Å². The van der Waals surface area contributed by atoms with Crippen LogP contribution in [0.25, 0.3) is 10.8 Å². The number of nitrogens with one attached hydrogen (secondary N) is 1. The summed E-state index contributed by atoms with van der Waals surface area (Å²) in [5, 5.41) is 5.16. The van der Waals surface area contributed by atoms with Gasteiger partial charge in [0.25, 0.3) is 0 Å². The van der Waals surface area contributed by atoms with Gasteiger partial charge in [-0.15, -0.1) is 0 Å². The number of carbonyl (C=O) groups is 1. The molecular formula is C20H16FNO. The van der Waals surface area contributed by atoms with E-state index in [1.165, 1.54) is 6.07 Å². The van der Waals surface area contributed by atoms with Gasteiger partial charge in [-0.3, -0.25) is 4.79 Å². The van der Waals surface area contributed by atoms with Gasteiger partial charge in [0.05, 0.1) is 5.69 Å². The number of halogens is 1. The highest BCUT2D eigenvalue weighted by atomic mass is 19.1. The molecule has 1 atom stereocenters. The van der Waals surface area contributed by atoms with Crippen molar-refractivity contribution in [3.05, 3.63) is 77.1 Å². The Morgan fingerprint density at radius 3 is 2.74 bits per heavy atom. The van der Waals surface area contributed by atoms with Crippen molar-refractivity contribution >= 4 is 22.4 Å². The molecule has 1 aliphatic rings. The van der Waals surface area contributed by atoms with Crippen molar-refractivity contribution in [2.75, 3.05) is 5.32 Å². The number of benzene rings is 3.